The number of methoxy groups -OCH3 is 2. The van der Waals surface area contributed by atoms with Gasteiger partial charge in [0.05, 0.1) is 13.2 Å². The van der Waals surface area contributed by atoms with Gasteiger partial charge in [-0.3, -0.25) is 0 Å². The molecule has 0 heterocycles. The van der Waals surface area contributed by atoms with Crippen LogP contribution in [0.15, 0.2) is 84.9 Å². The molecule has 0 aromatic heterocycles. The van der Waals surface area contributed by atoms with Crippen molar-refractivity contribution in [2.24, 2.45) is 0 Å². The van der Waals surface area contributed by atoms with Crippen molar-refractivity contribution in [2.75, 3.05) is 40.6 Å². The number of hydrogen-bond donors (Lipinski definition) is 0. The molecular weight excluding hydrogens is 496 g/mol. The molecule has 0 spiro atoms. The molecule has 202 valence electrons. The Kier molecular flexibility index (Phi) is 7.29. The molecule has 0 bridgehead atoms. The van der Waals surface area contributed by atoms with Crippen LogP contribution in [0.4, 0.5) is 0 Å². The third-order valence-electron chi connectivity index (χ3n) is 7.58. The largest absolute Gasteiger partial charge is 0.490 e. The average molecular weight is 531 g/mol. The number of fused-ring (bicyclic) bond motifs is 4. The summed E-state index contributed by atoms with van der Waals surface area (Å²) in [6.45, 7) is 6.34. The van der Waals surface area contributed by atoms with E-state index in [-0.39, 0.29) is 0 Å². The summed E-state index contributed by atoms with van der Waals surface area (Å²) in [7, 11) is 3.40. The molecule has 0 N–H and O–H groups in total. The summed E-state index contributed by atoms with van der Waals surface area (Å²) in [6.07, 6.45) is 0. The van der Waals surface area contributed by atoms with E-state index in [9.17, 15) is 0 Å². The van der Waals surface area contributed by atoms with E-state index < -0.39 is 0 Å². The predicted octanol–water partition coefficient (Wildman–Crippen LogP) is 8.63. The fourth-order valence-electron chi connectivity index (χ4n) is 5.81. The van der Waals surface area contributed by atoms with Crippen LogP contribution in [0.2, 0.25) is 0 Å². The van der Waals surface area contributed by atoms with Gasteiger partial charge in [0, 0.05) is 35.8 Å². The summed E-state index contributed by atoms with van der Waals surface area (Å²) in [6, 6.07) is 30.5. The van der Waals surface area contributed by atoms with Crippen molar-refractivity contribution in [2.45, 2.75) is 13.8 Å². The molecular formula is C36H34O4. The lowest BCUT2D eigenvalue weighted by Gasteiger charge is -2.22. The maximum atomic E-state index is 6.41. The van der Waals surface area contributed by atoms with Gasteiger partial charge in [0.15, 0.2) is 0 Å². The molecule has 0 amide bonds. The molecule has 0 aliphatic rings. The molecule has 0 unspecified atom stereocenters. The molecule has 0 saturated heterocycles. The van der Waals surface area contributed by atoms with Gasteiger partial charge < -0.3 is 18.9 Å². The van der Waals surface area contributed by atoms with E-state index in [0.717, 1.165) is 43.8 Å². The summed E-state index contributed by atoms with van der Waals surface area (Å²) in [4.78, 5) is 0. The van der Waals surface area contributed by atoms with Gasteiger partial charge >= 0.3 is 0 Å². The number of ether oxygens (including phenoxy) is 4. The Morgan fingerprint density at radius 1 is 0.425 bits per heavy atom. The maximum Gasteiger partial charge on any atom is 0.135 e. The summed E-state index contributed by atoms with van der Waals surface area (Å²) in [5.41, 5.74) is 4.83. The Hall–Kier alpha value is -4.12. The first-order valence-corrected chi connectivity index (χ1v) is 13.8. The van der Waals surface area contributed by atoms with Gasteiger partial charge in [0.2, 0.25) is 0 Å². The lowest BCUT2D eigenvalue weighted by atomic mass is 9.84. The first-order chi connectivity index (χ1) is 19.6. The first-order valence-electron chi connectivity index (χ1n) is 13.8. The van der Waals surface area contributed by atoms with Gasteiger partial charge in [0.25, 0.3) is 0 Å². The van der Waals surface area contributed by atoms with Gasteiger partial charge in [-0.15, -0.1) is 0 Å². The van der Waals surface area contributed by atoms with Gasteiger partial charge in [-0.1, -0.05) is 96.1 Å². The predicted molar refractivity (Wildman–Crippen MR) is 166 cm³/mol. The van der Waals surface area contributed by atoms with E-state index in [4.69, 9.17) is 18.9 Å². The van der Waals surface area contributed by atoms with E-state index >= 15 is 0 Å². The smallest absolute Gasteiger partial charge is 0.135 e. The molecule has 0 saturated carbocycles. The van der Waals surface area contributed by atoms with Gasteiger partial charge in [-0.05, 0) is 46.5 Å². The summed E-state index contributed by atoms with van der Waals surface area (Å²) in [5, 5.41) is 9.05. The van der Waals surface area contributed by atoms with Crippen LogP contribution in [0.5, 0.6) is 11.5 Å². The second kappa shape index (κ2) is 11.2. The van der Waals surface area contributed by atoms with Crippen molar-refractivity contribution < 1.29 is 18.9 Å². The Bertz CT molecular complexity index is 1720. The molecule has 0 aliphatic carbocycles. The summed E-state index contributed by atoms with van der Waals surface area (Å²) < 4.78 is 23.4. The fraction of sp³-hybridized carbons (Fsp3) is 0.222. The molecule has 0 fully saturated rings. The van der Waals surface area contributed by atoms with Crippen LogP contribution in [0.3, 0.4) is 0 Å². The van der Waals surface area contributed by atoms with Crippen molar-refractivity contribution >= 4 is 43.1 Å². The van der Waals surface area contributed by atoms with Crippen LogP contribution in [-0.2, 0) is 9.47 Å². The van der Waals surface area contributed by atoms with E-state index in [1.54, 1.807) is 14.2 Å². The molecule has 6 aromatic carbocycles. The van der Waals surface area contributed by atoms with Crippen LogP contribution < -0.4 is 9.47 Å². The molecule has 6 rings (SSSR count). The van der Waals surface area contributed by atoms with Gasteiger partial charge in [-0.2, -0.15) is 0 Å². The Balaban J connectivity index is 1.79. The zero-order valence-electron chi connectivity index (χ0n) is 23.5. The molecule has 4 heteroatoms. The fourth-order valence-corrected chi connectivity index (χ4v) is 5.81. The average Bonchev–Trinajstić information content (AvgIpc) is 2.97. The molecule has 6 aromatic rings. The Morgan fingerprint density at radius 2 is 0.800 bits per heavy atom. The number of hydrogen-bond acceptors (Lipinski definition) is 4. The minimum Gasteiger partial charge on any atom is -0.490 e. The van der Waals surface area contributed by atoms with Crippen LogP contribution >= 0.6 is 0 Å². The lowest BCUT2D eigenvalue weighted by molar-refractivity contribution is 0.148. The van der Waals surface area contributed by atoms with E-state index in [2.05, 4.69) is 98.8 Å². The Labute approximate surface area is 235 Å². The third-order valence-corrected chi connectivity index (χ3v) is 7.58. The second-order valence-electron chi connectivity index (χ2n) is 10.3. The minimum atomic E-state index is 0.487. The van der Waals surface area contributed by atoms with Crippen LogP contribution in [0.25, 0.3) is 54.2 Å². The van der Waals surface area contributed by atoms with Crippen molar-refractivity contribution in [3.8, 4) is 22.6 Å². The SMILES string of the molecule is COCCOc1c2ccccc2c(-c2c3ccccc3c(OCCOC)c3ccc(C)cc23)c2cc(C)ccc12. The highest BCUT2D eigenvalue weighted by Crippen LogP contribution is 2.50. The maximum absolute atomic E-state index is 6.41. The van der Waals surface area contributed by atoms with Crippen molar-refractivity contribution in [1.82, 2.24) is 0 Å². The van der Waals surface area contributed by atoms with Crippen LogP contribution in [0, 0.1) is 13.8 Å². The number of rotatable bonds is 9. The summed E-state index contributed by atoms with van der Waals surface area (Å²) in [5.74, 6) is 1.80. The lowest BCUT2D eigenvalue weighted by Crippen LogP contribution is -2.06. The Morgan fingerprint density at radius 3 is 1.20 bits per heavy atom. The molecule has 0 aliphatic heterocycles. The minimum absolute atomic E-state index is 0.487. The first kappa shape index (κ1) is 26.1. The van der Waals surface area contributed by atoms with Gasteiger partial charge in [0.1, 0.15) is 24.7 Å². The van der Waals surface area contributed by atoms with Crippen LogP contribution in [-0.4, -0.2) is 40.6 Å². The highest BCUT2D eigenvalue weighted by molar-refractivity contribution is 6.26. The highest BCUT2D eigenvalue weighted by Gasteiger charge is 2.22. The topological polar surface area (TPSA) is 36.9 Å². The quantitative estimate of drug-likeness (QED) is 0.138. The third kappa shape index (κ3) is 4.53. The monoisotopic (exact) mass is 530 g/mol. The van der Waals surface area contributed by atoms with Crippen molar-refractivity contribution in [1.29, 1.82) is 0 Å². The van der Waals surface area contributed by atoms with E-state index in [1.165, 1.54) is 33.0 Å². The molecule has 40 heavy (non-hydrogen) atoms. The number of benzene rings is 6. The summed E-state index contributed by atoms with van der Waals surface area (Å²) >= 11 is 0. The zero-order chi connectivity index (χ0) is 27.6. The molecule has 0 radical (unpaired) electrons. The number of aryl methyl sites for hydroxylation is 2. The second-order valence-corrected chi connectivity index (χ2v) is 10.3. The zero-order valence-corrected chi connectivity index (χ0v) is 23.5. The van der Waals surface area contributed by atoms with E-state index in [1.807, 2.05) is 0 Å². The standard InChI is InChI=1S/C36H34O4/c1-23-13-15-29-31(21-23)33(25-9-5-7-11-27(25)35(29)39-19-17-37-3)34-26-10-6-8-12-28(26)36(40-20-18-38-4)30-16-14-24(2)22-32(30)34/h5-16,21-22H,17-20H2,1-4H3. The molecule has 4 nitrogen and oxygen atoms in total. The van der Waals surface area contributed by atoms with Crippen molar-refractivity contribution in [3.63, 3.8) is 0 Å². The molecule has 0 atom stereocenters. The van der Waals surface area contributed by atoms with Gasteiger partial charge in [-0.25, -0.2) is 0 Å². The highest BCUT2D eigenvalue weighted by atomic mass is 16.5. The normalized spacial score (nSPS) is 11.6. The van der Waals surface area contributed by atoms with E-state index in [0.29, 0.717) is 26.4 Å². The van der Waals surface area contributed by atoms with Crippen molar-refractivity contribution in [3.05, 3.63) is 96.1 Å². The van der Waals surface area contributed by atoms with Crippen LogP contribution in [0.1, 0.15) is 11.1 Å².